The quantitative estimate of drug-likeness (QED) is 0.243. The maximum Gasteiger partial charge on any atom is 0.278 e. The highest BCUT2D eigenvalue weighted by Crippen LogP contribution is 2.19. The summed E-state index contributed by atoms with van der Waals surface area (Å²) in [4.78, 5) is 39.6. The van der Waals surface area contributed by atoms with E-state index in [4.69, 9.17) is 18.0 Å². The molecule has 0 saturated carbocycles. The highest BCUT2D eigenvalue weighted by molar-refractivity contribution is 7.80. The largest absolute Gasteiger partial charge is 0.375 e. The van der Waals surface area contributed by atoms with Crippen molar-refractivity contribution in [3.05, 3.63) is 71.8 Å². The van der Waals surface area contributed by atoms with E-state index in [0.717, 1.165) is 16.0 Å². The van der Waals surface area contributed by atoms with Gasteiger partial charge < -0.3 is 11.1 Å². The van der Waals surface area contributed by atoms with Gasteiger partial charge in [0.2, 0.25) is 11.8 Å². The molecule has 31 heavy (non-hydrogen) atoms. The van der Waals surface area contributed by atoms with Crippen molar-refractivity contribution in [2.45, 2.75) is 12.8 Å². The van der Waals surface area contributed by atoms with Gasteiger partial charge in [-0.25, -0.2) is 0 Å². The fraction of sp³-hybridized carbons (Fsp3) is 0.227. The zero-order valence-corrected chi connectivity index (χ0v) is 17.6. The number of nitrogens with zero attached hydrogens (tertiary/aromatic N) is 2. The van der Waals surface area contributed by atoms with Crippen LogP contribution in [0.2, 0.25) is 0 Å². The van der Waals surface area contributed by atoms with Crippen LogP contribution in [0.15, 0.2) is 65.8 Å². The minimum absolute atomic E-state index is 0.140. The minimum Gasteiger partial charge on any atom is -0.375 e. The number of thiocarbonyl (C=S) groups is 1. The molecule has 1 atom stereocenters. The fourth-order valence-corrected chi connectivity index (χ4v) is 3.32. The number of hydrogen-bond acceptors (Lipinski definition) is 5. The van der Waals surface area contributed by atoms with Gasteiger partial charge in [-0.05, 0) is 36.2 Å². The first-order chi connectivity index (χ1) is 15.0. The number of rotatable bonds is 8. The predicted molar refractivity (Wildman–Crippen MR) is 121 cm³/mol. The molecular formula is C22H23N5O3S. The molecule has 0 bridgehead atoms. The molecule has 9 heteroatoms. The smallest absolute Gasteiger partial charge is 0.278 e. The van der Waals surface area contributed by atoms with E-state index < -0.39 is 23.6 Å². The van der Waals surface area contributed by atoms with Gasteiger partial charge in [-0.1, -0.05) is 60.7 Å². The number of carbonyl (C=O) groups excluding carboxylic acids is 3. The second kappa shape index (κ2) is 10.4. The van der Waals surface area contributed by atoms with Gasteiger partial charge in [-0.3, -0.25) is 24.7 Å². The van der Waals surface area contributed by atoms with Crippen LogP contribution in [0.1, 0.15) is 11.1 Å². The normalized spacial score (nSPS) is 17.1. The average Bonchev–Trinajstić information content (AvgIpc) is 3.01. The molecule has 0 radical (unpaired) electrons. The molecule has 8 nitrogen and oxygen atoms in total. The summed E-state index contributed by atoms with van der Waals surface area (Å²) in [5.41, 5.74) is 9.50. The zero-order chi connectivity index (χ0) is 22.2. The first-order valence-corrected chi connectivity index (χ1v) is 10.2. The number of hydrogen-bond donors (Lipinski definition) is 3. The number of nitrogens with one attached hydrogen (secondary N) is 2. The van der Waals surface area contributed by atoms with Crippen LogP contribution in [-0.2, 0) is 27.2 Å². The van der Waals surface area contributed by atoms with Crippen molar-refractivity contribution in [3.8, 4) is 0 Å². The Kier molecular flexibility index (Phi) is 7.45. The average molecular weight is 438 g/mol. The summed E-state index contributed by atoms with van der Waals surface area (Å²) < 4.78 is 0. The Balaban J connectivity index is 1.70. The van der Waals surface area contributed by atoms with Gasteiger partial charge in [0.1, 0.15) is 5.71 Å². The molecule has 1 aliphatic rings. The molecule has 1 aliphatic heterocycles. The van der Waals surface area contributed by atoms with E-state index in [1.54, 1.807) is 0 Å². The summed E-state index contributed by atoms with van der Waals surface area (Å²) in [6.45, 7) is 0.461. The van der Waals surface area contributed by atoms with Gasteiger partial charge in [0, 0.05) is 13.1 Å². The molecule has 3 rings (SSSR count). The van der Waals surface area contributed by atoms with Crippen molar-refractivity contribution >= 4 is 40.8 Å². The number of imide groups is 1. The Morgan fingerprint density at radius 3 is 2.16 bits per heavy atom. The first-order valence-electron chi connectivity index (χ1n) is 9.81. The van der Waals surface area contributed by atoms with E-state index in [-0.39, 0.29) is 17.4 Å². The Bertz CT molecular complexity index is 995. The van der Waals surface area contributed by atoms with Gasteiger partial charge in [-0.2, -0.15) is 5.10 Å². The van der Waals surface area contributed by atoms with E-state index in [2.05, 4.69) is 15.8 Å². The van der Waals surface area contributed by atoms with E-state index >= 15 is 0 Å². The van der Waals surface area contributed by atoms with Crippen molar-refractivity contribution in [1.82, 2.24) is 15.6 Å². The van der Waals surface area contributed by atoms with E-state index in [9.17, 15) is 14.4 Å². The minimum atomic E-state index is -1.35. The first kappa shape index (κ1) is 22.1. The molecule has 1 unspecified atom stereocenters. The molecule has 0 aromatic heterocycles. The molecule has 0 aliphatic carbocycles. The van der Waals surface area contributed by atoms with Crippen molar-refractivity contribution in [2.75, 3.05) is 13.1 Å². The molecule has 0 spiro atoms. The lowest BCUT2D eigenvalue weighted by atomic mass is 10.0. The van der Waals surface area contributed by atoms with Crippen molar-refractivity contribution in [3.63, 3.8) is 0 Å². The second-order valence-corrected chi connectivity index (χ2v) is 7.40. The van der Waals surface area contributed by atoms with Crippen molar-refractivity contribution in [2.24, 2.45) is 16.8 Å². The summed E-state index contributed by atoms with van der Waals surface area (Å²) in [6, 6.07) is 19.1. The van der Waals surface area contributed by atoms with Crippen LogP contribution in [0, 0.1) is 5.92 Å². The summed E-state index contributed by atoms with van der Waals surface area (Å²) >= 11 is 4.72. The summed E-state index contributed by atoms with van der Waals surface area (Å²) in [7, 11) is 0. The fourth-order valence-electron chi connectivity index (χ4n) is 3.27. The van der Waals surface area contributed by atoms with Gasteiger partial charge in [0.15, 0.2) is 11.0 Å². The molecular weight excluding hydrogens is 414 g/mol. The Hall–Kier alpha value is -3.59. The van der Waals surface area contributed by atoms with Crippen LogP contribution in [-0.4, -0.2) is 46.5 Å². The van der Waals surface area contributed by atoms with Gasteiger partial charge in [0.25, 0.3) is 5.91 Å². The monoisotopic (exact) mass is 437 g/mol. The lowest BCUT2D eigenvalue weighted by Crippen LogP contribution is -2.40. The maximum absolute atomic E-state index is 12.9. The molecule has 4 N–H and O–H groups in total. The van der Waals surface area contributed by atoms with E-state index in [1.807, 2.05) is 60.7 Å². The lowest BCUT2D eigenvalue weighted by Gasteiger charge is -2.14. The van der Waals surface area contributed by atoms with Crippen molar-refractivity contribution < 1.29 is 14.4 Å². The third-order valence-electron chi connectivity index (χ3n) is 4.82. The van der Waals surface area contributed by atoms with Crippen LogP contribution < -0.4 is 16.5 Å². The van der Waals surface area contributed by atoms with Crippen LogP contribution in [0.25, 0.3) is 0 Å². The molecule has 3 amide bonds. The Labute approximate surface area is 185 Å². The van der Waals surface area contributed by atoms with E-state index in [1.165, 1.54) is 0 Å². The highest BCUT2D eigenvalue weighted by Gasteiger charge is 2.48. The van der Waals surface area contributed by atoms with Crippen LogP contribution in [0.4, 0.5) is 0 Å². The van der Waals surface area contributed by atoms with Crippen molar-refractivity contribution in [1.29, 1.82) is 0 Å². The predicted octanol–water partition coefficient (Wildman–Crippen LogP) is 0.762. The Morgan fingerprint density at radius 1 is 1.00 bits per heavy atom. The van der Waals surface area contributed by atoms with Crippen LogP contribution >= 0.6 is 12.2 Å². The third kappa shape index (κ3) is 5.73. The summed E-state index contributed by atoms with van der Waals surface area (Å²) in [6.07, 6.45) is 1.06. The maximum atomic E-state index is 12.9. The number of nitrogens with two attached hydrogens (primary N) is 1. The molecule has 2 aromatic rings. The number of amides is 3. The summed E-state index contributed by atoms with van der Waals surface area (Å²) in [5, 5.41) is 6.41. The standard InChI is InChI=1S/C22H23N5O3S/c23-22(31)26-25-18-17(19(28)24-13-11-15-7-3-1-4-8-15)20(29)27(21(18)30)14-12-16-9-5-2-6-10-16/h1-10,17H,11-14H2,(H,24,28)(H3,23,26,31)/b25-18+. The molecule has 1 saturated heterocycles. The number of benzene rings is 2. The van der Waals surface area contributed by atoms with Gasteiger partial charge in [-0.15, -0.1) is 0 Å². The Morgan fingerprint density at radius 2 is 1.58 bits per heavy atom. The second-order valence-electron chi connectivity index (χ2n) is 6.96. The third-order valence-corrected chi connectivity index (χ3v) is 4.91. The molecule has 1 fully saturated rings. The molecule has 160 valence electrons. The topological polar surface area (TPSA) is 117 Å². The molecule has 2 aromatic carbocycles. The highest BCUT2D eigenvalue weighted by atomic mass is 32.1. The number of hydrazone groups is 1. The number of likely N-dealkylation sites (tertiary alicyclic amines) is 1. The van der Waals surface area contributed by atoms with Crippen LogP contribution in [0.3, 0.4) is 0 Å². The number of carbonyl (C=O) groups is 3. The van der Waals surface area contributed by atoms with Gasteiger partial charge in [0.05, 0.1) is 0 Å². The van der Waals surface area contributed by atoms with E-state index in [0.29, 0.717) is 19.4 Å². The zero-order valence-electron chi connectivity index (χ0n) is 16.8. The van der Waals surface area contributed by atoms with Crippen LogP contribution in [0.5, 0.6) is 0 Å². The SMILES string of the molecule is NC(=S)N/N=C1/C(=O)N(CCc2ccccc2)C(=O)C1C(=O)NCCc1ccccc1. The molecule has 1 heterocycles. The van der Waals surface area contributed by atoms with Gasteiger partial charge >= 0.3 is 0 Å². The summed E-state index contributed by atoms with van der Waals surface area (Å²) in [5.74, 6) is -3.17. The lowest BCUT2D eigenvalue weighted by molar-refractivity contribution is -0.140.